The van der Waals surface area contributed by atoms with E-state index >= 15 is 0 Å². The fourth-order valence-electron chi connectivity index (χ4n) is 15.5. The summed E-state index contributed by atoms with van der Waals surface area (Å²) in [5.74, 6) is 1.62. The SMILES string of the molecule is c1ccc(-c2ccc(-n3c4ccccc4c4c5c6ccccc6n(-c6cnc7c8ccccc8c8ccccc8c7n6)c5ccc43)cc2)cc1.c1ccc(-n2c3ccccc3c3c4c5ccccc5n(-c5cnc6c7ccccc7c7ccccc7c6n5)c4ccc32)cc1. The molecule has 8 heteroatoms. The van der Waals surface area contributed by atoms with Crippen LogP contribution in [-0.4, -0.2) is 38.2 Å². The third-order valence-electron chi connectivity index (χ3n) is 19.5. The zero-order valence-electron chi connectivity index (χ0n) is 50.6. The van der Waals surface area contributed by atoms with E-state index in [9.17, 15) is 0 Å². The van der Waals surface area contributed by atoms with E-state index in [-0.39, 0.29) is 0 Å². The molecule has 0 aliphatic rings. The molecule has 0 amide bonds. The molecule has 15 aromatic carbocycles. The third kappa shape index (κ3) is 7.56. The lowest BCUT2D eigenvalue weighted by atomic mass is 10.00. The van der Waals surface area contributed by atoms with Crippen molar-refractivity contribution >= 4 is 152 Å². The van der Waals surface area contributed by atoms with E-state index in [4.69, 9.17) is 19.9 Å². The van der Waals surface area contributed by atoms with Gasteiger partial charge in [-0.25, -0.2) is 9.97 Å². The summed E-state index contributed by atoms with van der Waals surface area (Å²) in [4.78, 5) is 21.0. The molecule has 436 valence electrons. The molecule has 0 aliphatic heterocycles. The van der Waals surface area contributed by atoms with Crippen LogP contribution in [0.15, 0.2) is 316 Å². The Bertz CT molecular complexity index is 6640. The van der Waals surface area contributed by atoms with Gasteiger partial charge in [-0.2, -0.15) is 0 Å². The molecule has 6 heterocycles. The second-order valence-electron chi connectivity index (χ2n) is 24.4. The minimum atomic E-state index is 0.809. The maximum atomic E-state index is 5.42. The van der Waals surface area contributed by atoms with Crippen molar-refractivity contribution in [3.63, 3.8) is 0 Å². The average molecular weight is 1200 g/mol. The number of hydrogen-bond donors (Lipinski definition) is 0. The maximum Gasteiger partial charge on any atom is 0.156 e. The van der Waals surface area contributed by atoms with Crippen LogP contribution in [0.2, 0.25) is 0 Å². The normalized spacial score (nSPS) is 12.0. The van der Waals surface area contributed by atoms with Crippen molar-refractivity contribution in [2.75, 3.05) is 0 Å². The van der Waals surface area contributed by atoms with E-state index in [0.29, 0.717) is 0 Å². The predicted octanol–water partition coefficient (Wildman–Crippen LogP) is 21.9. The number of aromatic nitrogens is 8. The van der Waals surface area contributed by atoms with E-state index < -0.39 is 0 Å². The van der Waals surface area contributed by atoms with Gasteiger partial charge in [-0.05, 0) is 105 Å². The first-order valence-corrected chi connectivity index (χ1v) is 32.0. The molecule has 0 saturated heterocycles. The first kappa shape index (κ1) is 52.0. The Balaban J connectivity index is 0.000000130. The van der Waals surface area contributed by atoms with Crippen molar-refractivity contribution in [1.82, 2.24) is 38.2 Å². The topological polar surface area (TPSA) is 71.3 Å². The van der Waals surface area contributed by atoms with E-state index in [2.05, 4.69) is 322 Å². The molecule has 0 unspecified atom stereocenters. The molecule has 0 N–H and O–H groups in total. The van der Waals surface area contributed by atoms with Crippen LogP contribution in [0, 0.1) is 0 Å². The van der Waals surface area contributed by atoms with Crippen LogP contribution in [0.3, 0.4) is 0 Å². The highest BCUT2D eigenvalue weighted by Crippen LogP contribution is 2.46. The first-order valence-electron chi connectivity index (χ1n) is 32.0. The molecule has 0 spiro atoms. The number of fused-ring (bicyclic) bond motifs is 26. The Morgan fingerprint density at radius 1 is 0.181 bits per heavy atom. The summed E-state index contributed by atoms with van der Waals surface area (Å²) in [6.07, 6.45) is 3.88. The van der Waals surface area contributed by atoms with Gasteiger partial charge in [0.25, 0.3) is 0 Å². The minimum absolute atomic E-state index is 0.809. The number of rotatable bonds is 5. The smallest absolute Gasteiger partial charge is 0.156 e. The molecule has 0 bridgehead atoms. The quantitative estimate of drug-likeness (QED) is 0.161. The van der Waals surface area contributed by atoms with Crippen molar-refractivity contribution in [3.8, 4) is 34.1 Å². The highest BCUT2D eigenvalue weighted by atomic mass is 15.1. The standard InChI is InChI=1S/C46H28N4.C40H24N4/c1-2-12-29(13-3-1)30-22-24-31(25-23-30)49-38-20-10-8-18-36(38)43-40(49)26-27-41-44(43)37-19-9-11-21-39(37)50(41)42-28-47-45-34-16-6-4-14-32(34)33-15-5-7-17-35(33)46(45)48-42;1-2-12-25(13-3-1)43-32-20-10-8-18-30(32)37-34(43)22-23-35-38(37)31-19-9-11-21-33(31)44(35)36-24-41-39-28-16-6-4-14-26(28)27-15-5-7-17-29(27)40(39)42-36/h1-28H;1-24H. The molecule has 21 rings (SSSR count). The van der Waals surface area contributed by atoms with Crippen LogP contribution in [0.4, 0.5) is 0 Å². The highest BCUT2D eigenvalue weighted by molar-refractivity contribution is 6.31. The van der Waals surface area contributed by atoms with Gasteiger partial charge in [0, 0.05) is 76.0 Å². The number of para-hydroxylation sites is 5. The molecule has 21 aromatic rings. The Morgan fingerprint density at radius 2 is 0.447 bits per heavy atom. The maximum absolute atomic E-state index is 5.42. The molecule has 6 aromatic heterocycles. The summed E-state index contributed by atoms with van der Waals surface area (Å²) < 4.78 is 9.36. The summed E-state index contributed by atoms with van der Waals surface area (Å²) in [6.45, 7) is 0. The Hall–Kier alpha value is -12.8. The molecular formula is C86H52N8. The van der Waals surface area contributed by atoms with Gasteiger partial charge in [0.1, 0.15) is 0 Å². The minimum Gasteiger partial charge on any atom is -0.309 e. The number of nitrogens with zero attached hydrogens (tertiary/aromatic N) is 8. The Morgan fingerprint density at radius 3 is 0.819 bits per heavy atom. The predicted molar refractivity (Wildman–Crippen MR) is 392 cm³/mol. The van der Waals surface area contributed by atoms with Crippen molar-refractivity contribution < 1.29 is 0 Å². The number of benzene rings is 15. The number of hydrogen-bond acceptors (Lipinski definition) is 4. The van der Waals surface area contributed by atoms with Gasteiger partial charge in [0.2, 0.25) is 0 Å². The highest BCUT2D eigenvalue weighted by Gasteiger charge is 2.25. The van der Waals surface area contributed by atoms with Crippen LogP contribution in [0.5, 0.6) is 0 Å². The third-order valence-corrected chi connectivity index (χ3v) is 19.5. The van der Waals surface area contributed by atoms with Crippen LogP contribution in [-0.2, 0) is 0 Å². The largest absolute Gasteiger partial charge is 0.309 e. The molecule has 0 saturated carbocycles. The van der Waals surface area contributed by atoms with Gasteiger partial charge in [-0.1, -0.05) is 231 Å². The van der Waals surface area contributed by atoms with Crippen LogP contribution in [0.1, 0.15) is 0 Å². The Kier molecular flexibility index (Phi) is 11.3. The van der Waals surface area contributed by atoms with Gasteiger partial charge < -0.3 is 9.13 Å². The van der Waals surface area contributed by atoms with Crippen LogP contribution >= 0.6 is 0 Å². The van der Waals surface area contributed by atoms with Crippen LogP contribution < -0.4 is 0 Å². The van der Waals surface area contributed by atoms with E-state index in [0.717, 1.165) is 88.7 Å². The zero-order chi connectivity index (χ0) is 61.5. The van der Waals surface area contributed by atoms with Crippen molar-refractivity contribution in [2.24, 2.45) is 0 Å². The average Bonchev–Trinajstić information content (AvgIpc) is 1.54. The molecule has 0 atom stereocenters. The summed E-state index contributed by atoms with van der Waals surface area (Å²) in [5.41, 5.74) is 17.6. The van der Waals surface area contributed by atoms with Gasteiger partial charge in [-0.15, -0.1) is 0 Å². The molecule has 8 nitrogen and oxygen atoms in total. The lowest BCUT2D eigenvalue weighted by molar-refractivity contribution is 1.08. The van der Waals surface area contributed by atoms with E-state index in [1.165, 1.54) is 97.8 Å². The van der Waals surface area contributed by atoms with Crippen molar-refractivity contribution in [3.05, 3.63) is 316 Å². The van der Waals surface area contributed by atoms with Crippen LogP contribution in [0.25, 0.3) is 187 Å². The van der Waals surface area contributed by atoms with Gasteiger partial charge in [-0.3, -0.25) is 19.1 Å². The molecule has 94 heavy (non-hydrogen) atoms. The van der Waals surface area contributed by atoms with Crippen molar-refractivity contribution in [2.45, 2.75) is 0 Å². The van der Waals surface area contributed by atoms with Gasteiger partial charge in [0.05, 0.1) is 78.6 Å². The molecule has 0 aliphatic carbocycles. The van der Waals surface area contributed by atoms with Gasteiger partial charge >= 0.3 is 0 Å². The van der Waals surface area contributed by atoms with Crippen molar-refractivity contribution in [1.29, 1.82) is 0 Å². The molecule has 0 fully saturated rings. The first-order chi connectivity index (χ1) is 46.7. The monoisotopic (exact) mass is 1200 g/mol. The summed E-state index contributed by atoms with van der Waals surface area (Å²) in [6, 6.07) is 108. The Labute approximate surface area is 537 Å². The molecule has 0 radical (unpaired) electrons. The van der Waals surface area contributed by atoms with E-state index in [1.807, 2.05) is 12.4 Å². The fraction of sp³-hybridized carbons (Fsp3) is 0. The molecular weight excluding hydrogens is 1150 g/mol. The zero-order valence-corrected chi connectivity index (χ0v) is 50.6. The summed E-state index contributed by atoms with van der Waals surface area (Å²) in [7, 11) is 0. The van der Waals surface area contributed by atoms with Gasteiger partial charge in [0.15, 0.2) is 11.6 Å². The second kappa shape index (κ2) is 20.4. The van der Waals surface area contributed by atoms with E-state index in [1.54, 1.807) is 0 Å². The summed E-state index contributed by atoms with van der Waals surface area (Å²) >= 11 is 0. The lowest BCUT2D eigenvalue weighted by Gasteiger charge is -2.12. The second-order valence-corrected chi connectivity index (χ2v) is 24.4. The fourth-order valence-corrected chi connectivity index (χ4v) is 15.5. The lowest BCUT2D eigenvalue weighted by Crippen LogP contribution is -2.00. The summed E-state index contributed by atoms with van der Waals surface area (Å²) in [5, 5.41) is 19.1.